The Labute approximate surface area is 148 Å². The fourth-order valence-electron chi connectivity index (χ4n) is 3.33. The number of pyridine rings is 1. The maximum Gasteiger partial charge on any atom is 0.317 e. The highest BCUT2D eigenvalue weighted by atomic mass is 16.5. The number of urea groups is 1. The minimum atomic E-state index is -0.205. The number of likely N-dealkylation sites (tertiary alicyclic amines) is 1. The van der Waals surface area contributed by atoms with E-state index in [1.807, 2.05) is 19.1 Å². The maximum atomic E-state index is 12.5. The number of rotatable bonds is 4. The zero-order chi connectivity index (χ0) is 17.6. The first-order chi connectivity index (χ1) is 12.1. The molecule has 0 bridgehead atoms. The van der Waals surface area contributed by atoms with E-state index in [-0.39, 0.29) is 24.0 Å². The fourth-order valence-corrected chi connectivity index (χ4v) is 3.33. The summed E-state index contributed by atoms with van der Waals surface area (Å²) >= 11 is 0. The molecule has 0 radical (unpaired) electrons. The Kier molecular flexibility index (Phi) is 5.86. The van der Waals surface area contributed by atoms with E-state index in [2.05, 4.69) is 15.6 Å². The van der Waals surface area contributed by atoms with Gasteiger partial charge >= 0.3 is 6.03 Å². The molecule has 1 aromatic rings. The number of nitrogens with one attached hydrogen (secondary N) is 2. The first-order valence-corrected chi connectivity index (χ1v) is 9.00. The van der Waals surface area contributed by atoms with Gasteiger partial charge in [-0.05, 0) is 44.2 Å². The smallest absolute Gasteiger partial charge is 0.317 e. The van der Waals surface area contributed by atoms with Crippen molar-refractivity contribution in [1.82, 2.24) is 15.2 Å². The summed E-state index contributed by atoms with van der Waals surface area (Å²) < 4.78 is 5.52. The molecule has 3 rings (SSSR count). The molecule has 2 atom stereocenters. The molecule has 2 fully saturated rings. The molecule has 3 amide bonds. The molecular formula is C18H26N4O3. The average molecular weight is 346 g/mol. The lowest BCUT2D eigenvalue weighted by atomic mass is 9.97. The van der Waals surface area contributed by atoms with Crippen molar-refractivity contribution in [2.45, 2.75) is 38.7 Å². The van der Waals surface area contributed by atoms with Crippen molar-refractivity contribution in [1.29, 1.82) is 0 Å². The van der Waals surface area contributed by atoms with Gasteiger partial charge < -0.3 is 20.3 Å². The second-order valence-electron chi connectivity index (χ2n) is 6.76. The lowest BCUT2D eigenvalue weighted by Crippen LogP contribution is -2.49. The number of amides is 3. The number of anilines is 1. The van der Waals surface area contributed by atoms with Crippen LogP contribution in [0.3, 0.4) is 0 Å². The second kappa shape index (κ2) is 8.29. The Hall–Kier alpha value is -2.15. The van der Waals surface area contributed by atoms with Crippen molar-refractivity contribution in [2.24, 2.45) is 5.92 Å². The molecule has 2 unspecified atom stereocenters. The van der Waals surface area contributed by atoms with Gasteiger partial charge in [-0.2, -0.15) is 0 Å². The zero-order valence-electron chi connectivity index (χ0n) is 14.7. The molecule has 2 aliphatic heterocycles. The Morgan fingerprint density at radius 1 is 1.36 bits per heavy atom. The number of carbonyl (C=O) groups excluding carboxylic acids is 2. The molecule has 25 heavy (non-hydrogen) atoms. The van der Waals surface area contributed by atoms with Crippen molar-refractivity contribution >= 4 is 17.8 Å². The highest BCUT2D eigenvalue weighted by Crippen LogP contribution is 2.19. The molecule has 0 aliphatic carbocycles. The molecule has 0 saturated carbocycles. The number of aryl methyl sites for hydroxylation is 1. The van der Waals surface area contributed by atoms with Crippen molar-refractivity contribution < 1.29 is 14.3 Å². The third-order valence-electron chi connectivity index (χ3n) is 4.84. The van der Waals surface area contributed by atoms with Crippen LogP contribution in [-0.2, 0) is 9.53 Å². The normalized spacial score (nSPS) is 23.3. The van der Waals surface area contributed by atoms with Crippen LogP contribution in [0.4, 0.5) is 10.6 Å². The molecule has 136 valence electrons. The van der Waals surface area contributed by atoms with E-state index in [1.165, 1.54) is 0 Å². The van der Waals surface area contributed by atoms with Crippen LogP contribution in [0.25, 0.3) is 0 Å². The number of hydrogen-bond donors (Lipinski definition) is 2. The third-order valence-corrected chi connectivity index (χ3v) is 4.84. The number of piperidine rings is 1. The van der Waals surface area contributed by atoms with Gasteiger partial charge in [0, 0.05) is 32.4 Å². The Morgan fingerprint density at radius 2 is 2.24 bits per heavy atom. The van der Waals surface area contributed by atoms with Crippen molar-refractivity contribution in [3.63, 3.8) is 0 Å². The number of aromatic nitrogens is 1. The predicted octanol–water partition coefficient (Wildman–Crippen LogP) is 1.93. The van der Waals surface area contributed by atoms with E-state index in [0.29, 0.717) is 25.5 Å². The van der Waals surface area contributed by atoms with E-state index in [9.17, 15) is 9.59 Å². The molecule has 0 spiro atoms. The van der Waals surface area contributed by atoms with Crippen LogP contribution in [0, 0.1) is 12.8 Å². The molecule has 2 aliphatic rings. The lowest BCUT2D eigenvalue weighted by Gasteiger charge is -2.32. The van der Waals surface area contributed by atoms with E-state index in [0.717, 1.165) is 37.9 Å². The summed E-state index contributed by atoms with van der Waals surface area (Å²) in [4.78, 5) is 30.8. The van der Waals surface area contributed by atoms with Crippen LogP contribution in [0.15, 0.2) is 18.3 Å². The molecule has 2 N–H and O–H groups in total. The van der Waals surface area contributed by atoms with Crippen LogP contribution < -0.4 is 10.6 Å². The molecule has 2 saturated heterocycles. The van der Waals surface area contributed by atoms with Gasteiger partial charge in [0.05, 0.1) is 12.0 Å². The first kappa shape index (κ1) is 17.7. The van der Waals surface area contributed by atoms with Crippen LogP contribution in [0.2, 0.25) is 0 Å². The van der Waals surface area contributed by atoms with Gasteiger partial charge in [-0.25, -0.2) is 9.78 Å². The SMILES string of the molecule is Cc1cccnc1NC(=O)C1CCCN(C(=O)NCC2CCCO2)C1. The largest absolute Gasteiger partial charge is 0.376 e. The molecular weight excluding hydrogens is 320 g/mol. The van der Waals surface area contributed by atoms with E-state index in [1.54, 1.807) is 11.1 Å². The van der Waals surface area contributed by atoms with Crippen LogP contribution in [-0.4, -0.2) is 54.2 Å². The van der Waals surface area contributed by atoms with Gasteiger partial charge in [-0.3, -0.25) is 4.79 Å². The zero-order valence-corrected chi connectivity index (χ0v) is 14.7. The molecule has 7 nitrogen and oxygen atoms in total. The highest BCUT2D eigenvalue weighted by Gasteiger charge is 2.29. The van der Waals surface area contributed by atoms with Gasteiger partial charge in [-0.15, -0.1) is 0 Å². The third kappa shape index (κ3) is 4.69. The number of ether oxygens (including phenoxy) is 1. The fraction of sp³-hybridized carbons (Fsp3) is 0.611. The summed E-state index contributed by atoms with van der Waals surface area (Å²) in [7, 11) is 0. The first-order valence-electron chi connectivity index (χ1n) is 9.00. The van der Waals surface area contributed by atoms with Gasteiger partial charge in [0.2, 0.25) is 5.91 Å². The average Bonchev–Trinajstić information content (AvgIpc) is 3.15. The standard InChI is InChI=1S/C18H26N4O3/c1-13-5-2-8-19-16(13)21-17(23)14-6-3-9-22(12-14)18(24)20-11-15-7-4-10-25-15/h2,5,8,14-15H,3-4,6-7,9-12H2,1H3,(H,20,24)(H,19,21,23). The summed E-state index contributed by atoms with van der Waals surface area (Å²) in [5.74, 6) is 0.314. The van der Waals surface area contributed by atoms with E-state index >= 15 is 0 Å². The minimum Gasteiger partial charge on any atom is -0.376 e. The van der Waals surface area contributed by atoms with Crippen LogP contribution in [0.5, 0.6) is 0 Å². The van der Waals surface area contributed by atoms with Gasteiger partial charge in [0.15, 0.2) is 0 Å². The molecule has 7 heteroatoms. The molecule has 0 aromatic carbocycles. The summed E-state index contributed by atoms with van der Waals surface area (Å²) in [6, 6.07) is 3.64. The van der Waals surface area contributed by atoms with E-state index < -0.39 is 0 Å². The van der Waals surface area contributed by atoms with Crippen LogP contribution in [0.1, 0.15) is 31.2 Å². The summed E-state index contributed by atoms with van der Waals surface area (Å²) in [6.07, 6.45) is 5.45. The predicted molar refractivity (Wildman–Crippen MR) is 94.3 cm³/mol. The minimum absolute atomic E-state index is 0.0709. The monoisotopic (exact) mass is 346 g/mol. The Morgan fingerprint density at radius 3 is 3.00 bits per heavy atom. The number of hydrogen-bond acceptors (Lipinski definition) is 4. The quantitative estimate of drug-likeness (QED) is 0.872. The number of carbonyl (C=O) groups is 2. The summed E-state index contributed by atoms with van der Waals surface area (Å²) in [6.45, 7) is 4.35. The molecule has 3 heterocycles. The molecule has 1 aromatic heterocycles. The van der Waals surface area contributed by atoms with Crippen LogP contribution >= 0.6 is 0 Å². The Balaban J connectivity index is 1.50. The van der Waals surface area contributed by atoms with Gasteiger partial charge in [0.1, 0.15) is 5.82 Å². The Bertz CT molecular complexity index is 616. The highest BCUT2D eigenvalue weighted by molar-refractivity contribution is 5.92. The number of nitrogens with zero attached hydrogens (tertiary/aromatic N) is 2. The lowest BCUT2D eigenvalue weighted by molar-refractivity contribution is -0.121. The van der Waals surface area contributed by atoms with Crippen molar-refractivity contribution in [3.05, 3.63) is 23.9 Å². The van der Waals surface area contributed by atoms with Gasteiger partial charge in [-0.1, -0.05) is 6.07 Å². The topological polar surface area (TPSA) is 83.6 Å². The van der Waals surface area contributed by atoms with Gasteiger partial charge in [0.25, 0.3) is 0 Å². The van der Waals surface area contributed by atoms with Crippen molar-refractivity contribution in [3.8, 4) is 0 Å². The second-order valence-corrected chi connectivity index (χ2v) is 6.76. The maximum absolute atomic E-state index is 12.5. The van der Waals surface area contributed by atoms with E-state index in [4.69, 9.17) is 4.74 Å². The van der Waals surface area contributed by atoms with Crippen molar-refractivity contribution in [2.75, 3.05) is 31.6 Å². The summed E-state index contributed by atoms with van der Waals surface area (Å²) in [5.41, 5.74) is 0.929. The summed E-state index contributed by atoms with van der Waals surface area (Å²) in [5, 5.41) is 5.82.